The zero-order valence-electron chi connectivity index (χ0n) is 17.1. The number of ether oxygens (including phenoxy) is 2. The van der Waals surface area contributed by atoms with Crippen molar-refractivity contribution in [3.63, 3.8) is 0 Å². The Morgan fingerprint density at radius 2 is 1.85 bits per heavy atom. The molecule has 0 saturated carbocycles. The van der Waals surface area contributed by atoms with E-state index in [0.29, 0.717) is 23.5 Å². The Labute approximate surface area is 204 Å². The predicted molar refractivity (Wildman–Crippen MR) is 133 cm³/mol. The van der Waals surface area contributed by atoms with Gasteiger partial charge in [0.15, 0.2) is 11.5 Å². The summed E-state index contributed by atoms with van der Waals surface area (Å²) >= 11 is 1.47. The first kappa shape index (κ1) is 27.1. The summed E-state index contributed by atoms with van der Waals surface area (Å²) < 4.78 is 43.5. The number of aromatic nitrogens is 1. The van der Waals surface area contributed by atoms with Crippen LogP contribution in [0.15, 0.2) is 47.8 Å². The van der Waals surface area contributed by atoms with Crippen LogP contribution >= 0.6 is 11.3 Å². The molecule has 0 radical (unpaired) electrons. The zero-order valence-corrected chi connectivity index (χ0v) is 18.7. The van der Waals surface area contributed by atoms with Crippen molar-refractivity contribution in [1.29, 1.82) is 0 Å². The minimum absolute atomic E-state index is 0. The molecule has 0 bridgehead atoms. The molecule has 1 aliphatic heterocycles. The Hall–Kier alpha value is -3.15. The molecule has 1 aliphatic rings. The molecule has 0 unspecified atom stereocenters. The maximum atomic E-state index is 13.0. The van der Waals surface area contributed by atoms with Crippen molar-refractivity contribution in [2.45, 2.75) is 40.7 Å². The number of fused-ring (bicyclic) bond motifs is 1. The summed E-state index contributed by atoms with van der Waals surface area (Å²) in [6.07, 6.45) is 1.23. The van der Waals surface area contributed by atoms with Gasteiger partial charge in [0, 0.05) is 10.9 Å². The fourth-order valence-corrected chi connectivity index (χ4v) is 4.60. The molecule has 9 nitrogen and oxygen atoms in total. The van der Waals surface area contributed by atoms with E-state index in [0.717, 1.165) is 22.7 Å². The van der Waals surface area contributed by atoms with Gasteiger partial charge in [0.05, 0.1) is 17.4 Å². The van der Waals surface area contributed by atoms with Gasteiger partial charge >= 0.3 is 10.3 Å². The molecule has 0 aliphatic carbocycles. The molecule has 1 atom stereocenters. The highest BCUT2D eigenvalue weighted by atomic mass is 32.2. The molecule has 34 heavy (non-hydrogen) atoms. The summed E-state index contributed by atoms with van der Waals surface area (Å²) in [7, 11) is -4.34. The van der Waals surface area contributed by atoms with Crippen molar-refractivity contribution >= 4 is 33.2 Å². The number of aryl methyl sites for hydroxylation is 1. The van der Waals surface area contributed by atoms with Gasteiger partial charge in [0.2, 0.25) is 6.79 Å². The van der Waals surface area contributed by atoms with E-state index in [1.165, 1.54) is 11.3 Å². The number of carbonyl (C=O) groups is 1. The SMILES string of the molecule is C.C.CCc1csc([C@H](Cc2ccc(NS(=O)(=O)O)cc2)NC(=O)c2ccc3c(c2)OCO3)n1. The third kappa shape index (κ3) is 6.69. The fraction of sp³-hybridized carbons (Fsp3) is 0.304. The Kier molecular flexibility index (Phi) is 9.02. The quantitative estimate of drug-likeness (QED) is 0.379. The van der Waals surface area contributed by atoms with E-state index >= 15 is 0 Å². The second kappa shape index (κ2) is 11.3. The number of benzene rings is 2. The third-order valence-corrected chi connectivity index (χ3v) is 6.31. The van der Waals surface area contributed by atoms with Gasteiger partial charge in [-0.1, -0.05) is 33.9 Å². The van der Waals surface area contributed by atoms with Gasteiger partial charge in [-0.25, -0.2) is 4.98 Å². The standard InChI is InChI=1S/C21H21N3O6S2.2CH4/c1-2-15-11-31-21(22-15)17(9-13-3-6-16(7-4-13)24-32(26,27)28)23-20(25)14-5-8-18-19(10-14)30-12-29-18;;/h3-8,10-11,17,24H,2,9,12H2,1H3,(H,23,25)(H,26,27,28);2*1H4/t17-;;/m0../s1. The Morgan fingerprint density at radius 1 is 1.15 bits per heavy atom. The van der Waals surface area contributed by atoms with E-state index in [4.69, 9.17) is 14.0 Å². The number of carbonyl (C=O) groups excluding carboxylic acids is 1. The highest BCUT2D eigenvalue weighted by Gasteiger charge is 2.22. The van der Waals surface area contributed by atoms with Gasteiger partial charge in [-0.2, -0.15) is 8.42 Å². The van der Waals surface area contributed by atoms with Crippen LogP contribution in [0.5, 0.6) is 11.5 Å². The van der Waals surface area contributed by atoms with Crippen LogP contribution in [0.25, 0.3) is 0 Å². The molecule has 2 heterocycles. The maximum absolute atomic E-state index is 13.0. The van der Waals surface area contributed by atoms with Crippen LogP contribution < -0.4 is 19.5 Å². The lowest BCUT2D eigenvalue weighted by molar-refractivity contribution is 0.0936. The first-order chi connectivity index (χ1) is 15.3. The summed E-state index contributed by atoms with van der Waals surface area (Å²) in [6.45, 7) is 2.14. The van der Waals surface area contributed by atoms with Crippen molar-refractivity contribution < 1.29 is 27.2 Å². The average molecular weight is 508 g/mol. The smallest absolute Gasteiger partial charge is 0.357 e. The van der Waals surface area contributed by atoms with Crippen LogP contribution in [0.2, 0.25) is 0 Å². The lowest BCUT2D eigenvalue weighted by Crippen LogP contribution is -2.30. The van der Waals surface area contributed by atoms with Crippen molar-refractivity contribution in [3.05, 3.63) is 69.7 Å². The van der Waals surface area contributed by atoms with Gasteiger partial charge in [-0.15, -0.1) is 11.3 Å². The number of anilines is 1. The normalized spacial score (nSPS) is 12.8. The predicted octanol–water partition coefficient (Wildman–Crippen LogP) is 4.63. The Bertz CT molecular complexity index is 1230. The van der Waals surface area contributed by atoms with Crippen molar-refractivity contribution in [1.82, 2.24) is 10.3 Å². The monoisotopic (exact) mass is 507 g/mol. The van der Waals surface area contributed by atoms with E-state index in [9.17, 15) is 13.2 Å². The topological polar surface area (TPSA) is 127 Å². The number of hydrogen-bond donors (Lipinski definition) is 3. The molecule has 0 spiro atoms. The van der Waals surface area contributed by atoms with Crippen LogP contribution in [-0.4, -0.2) is 30.7 Å². The number of thiazole rings is 1. The summed E-state index contributed by atoms with van der Waals surface area (Å²) in [6, 6.07) is 11.2. The lowest BCUT2D eigenvalue weighted by atomic mass is 10.0. The van der Waals surface area contributed by atoms with Crippen LogP contribution in [-0.2, 0) is 23.1 Å². The molecule has 1 aromatic heterocycles. The van der Waals surface area contributed by atoms with Crippen LogP contribution in [0.4, 0.5) is 5.69 Å². The van der Waals surface area contributed by atoms with Gasteiger partial charge in [0.1, 0.15) is 5.01 Å². The third-order valence-electron chi connectivity index (χ3n) is 4.81. The minimum Gasteiger partial charge on any atom is -0.454 e. The van der Waals surface area contributed by atoms with Gasteiger partial charge < -0.3 is 14.8 Å². The molecule has 184 valence electrons. The molecule has 4 rings (SSSR count). The largest absolute Gasteiger partial charge is 0.454 e. The van der Waals surface area contributed by atoms with Gasteiger partial charge in [0.25, 0.3) is 5.91 Å². The Morgan fingerprint density at radius 3 is 2.50 bits per heavy atom. The first-order valence-corrected chi connectivity index (χ1v) is 12.1. The number of nitrogens with zero attached hydrogens (tertiary/aromatic N) is 1. The highest BCUT2D eigenvalue weighted by molar-refractivity contribution is 7.87. The number of hydrogen-bond acceptors (Lipinski definition) is 7. The second-order valence-corrected chi connectivity index (χ2v) is 9.15. The van der Waals surface area contributed by atoms with E-state index in [2.05, 4.69) is 10.3 Å². The molecule has 3 N–H and O–H groups in total. The fourth-order valence-electron chi connectivity index (χ4n) is 3.22. The Balaban J connectivity index is 0.00000204. The first-order valence-electron chi connectivity index (χ1n) is 9.79. The van der Waals surface area contributed by atoms with Crippen molar-refractivity contribution in [2.24, 2.45) is 0 Å². The average Bonchev–Trinajstić information content (AvgIpc) is 3.42. The number of rotatable bonds is 8. The zero-order chi connectivity index (χ0) is 22.7. The summed E-state index contributed by atoms with van der Waals surface area (Å²) in [5, 5.41) is 5.78. The minimum atomic E-state index is -4.34. The van der Waals surface area contributed by atoms with Gasteiger partial charge in [-0.3, -0.25) is 14.1 Å². The summed E-state index contributed by atoms with van der Waals surface area (Å²) in [5.74, 6) is 0.856. The maximum Gasteiger partial charge on any atom is 0.357 e. The number of nitrogens with one attached hydrogen (secondary N) is 2. The molecular formula is C23H29N3O6S2. The molecular weight excluding hydrogens is 478 g/mol. The molecule has 0 saturated heterocycles. The molecule has 1 amide bonds. The van der Waals surface area contributed by atoms with Crippen molar-refractivity contribution in [2.75, 3.05) is 11.5 Å². The molecule has 3 aromatic rings. The van der Waals surface area contributed by atoms with Crippen LogP contribution in [0, 0.1) is 0 Å². The molecule has 0 fully saturated rings. The van der Waals surface area contributed by atoms with Gasteiger partial charge in [-0.05, 0) is 48.7 Å². The lowest BCUT2D eigenvalue weighted by Gasteiger charge is -2.17. The van der Waals surface area contributed by atoms with E-state index in [1.807, 2.05) is 17.0 Å². The number of amides is 1. The summed E-state index contributed by atoms with van der Waals surface area (Å²) in [4.78, 5) is 17.6. The molecule has 2 aromatic carbocycles. The van der Waals surface area contributed by atoms with Crippen LogP contribution in [0.3, 0.4) is 0 Å². The summed E-state index contributed by atoms with van der Waals surface area (Å²) in [5.41, 5.74) is 2.48. The highest BCUT2D eigenvalue weighted by Crippen LogP contribution is 2.33. The van der Waals surface area contributed by atoms with E-state index < -0.39 is 16.3 Å². The van der Waals surface area contributed by atoms with E-state index in [1.54, 1.807) is 42.5 Å². The van der Waals surface area contributed by atoms with E-state index in [-0.39, 0.29) is 33.2 Å². The van der Waals surface area contributed by atoms with Crippen LogP contribution in [0.1, 0.15) is 54.4 Å². The molecule has 11 heteroatoms. The van der Waals surface area contributed by atoms with Crippen molar-refractivity contribution in [3.8, 4) is 11.5 Å². The second-order valence-electron chi connectivity index (χ2n) is 7.10.